The molecule has 1 saturated heterocycles. The molecule has 3 unspecified atom stereocenters. The third-order valence-corrected chi connectivity index (χ3v) is 7.72. The second-order valence-corrected chi connectivity index (χ2v) is 11.0. The molecule has 0 aliphatic carbocycles. The number of benzene rings is 4. The molecule has 0 amide bonds. The summed E-state index contributed by atoms with van der Waals surface area (Å²) < 4.78 is 61.2. The first-order valence-electron chi connectivity index (χ1n) is 14.3. The molecule has 9 heteroatoms. The van der Waals surface area contributed by atoms with E-state index in [2.05, 4.69) is 0 Å². The fraction of sp³-hybridized carbons (Fsp3) is 0.286. The van der Waals surface area contributed by atoms with E-state index in [0.717, 1.165) is 34.1 Å². The number of hydrogen-bond donors (Lipinski definition) is 0. The molecular weight excluding hydrogens is 593 g/mol. The minimum atomic E-state index is -4.41. The summed E-state index contributed by atoms with van der Waals surface area (Å²) in [4.78, 5) is 12.3. The number of rotatable bonds is 12. The van der Waals surface area contributed by atoms with Gasteiger partial charge in [-0.25, -0.2) is 0 Å². The quantitative estimate of drug-likeness (QED) is 0.149. The van der Waals surface area contributed by atoms with E-state index in [-0.39, 0.29) is 5.75 Å². The van der Waals surface area contributed by atoms with Gasteiger partial charge in [0.1, 0.15) is 18.0 Å². The van der Waals surface area contributed by atoms with Crippen molar-refractivity contribution in [1.82, 2.24) is 0 Å². The van der Waals surface area contributed by atoms with Gasteiger partial charge in [0.25, 0.3) is 0 Å². The maximum absolute atomic E-state index is 12.5. The van der Waals surface area contributed by atoms with Gasteiger partial charge in [-0.3, -0.25) is 0 Å². The highest BCUT2D eigenvalue weighted by Gasteiger charge is 2.41. The summed E-state index contributed by atoms with van der Waals surface area (Å²) in [6.07, 6.45) is -5.13. The molecule has 44 heavy (non-hydrogen) atoms. The van der Waals surface area contributed by atoms with Crippen LogP contribution < -0.4 is 4.74 Å². The van der Waals surface area contributed by atoms with Crippen LogP contribution in [0.25, 0.3) is 0 Å². The van der Waals surface area contributed by atoms with E-state index < -0.39 is 37.2 Å². The Kier molecular flexibility index (Phi) is 10.7. The second-order valence-electron chi connectivity index (χ2n) is 10.6. The smallest absolute Gasteiger partial charge is 0.422 e. The van der Waals surface area contributed by atoms with Crippen LogP contribution in [0, 0.1) is 0 Å². The van der Waals surface area contributed by atoms with Gasteiger partial charge in [-0.1, -0.05) is 96.5 Å². The number of alkyl halides is 3. The summed E-state index contributed by atoms with van der Waals surface area (Å²) in [5.41, 5.74) is 4.46. The Morgan fingerprint density at radius 1 is 0.818 bits per heavy atom. The van der Waals surface area contributed by atoms with Crippen LogP contribution in [-0.2, 0) is 38.6 Å². The van der Waals surface area contributed by atoms with E-state index in [0.29, 0.717) is 31.1 Å². The summed E-state index contributed by atoms with van der Waals surface area (Å²) >= 11 is 6.55. The molecule has 0 spiro atoms. The zero-order valence-electron chi connectivity index (χ0n) is 23.8. The van der Waals surface area contributed by atoms with E-state index >= 15 is 0 Å². The van der Waals surface area contributed by atoms with Crippen LogP contribution in [0.15, 0.2) is 103 Å². The fourth-order valence-corrected chi connectivity index (χ4v) is 5.32. The minimum absolute atomic E-state index is 0.131. The van der Waals surface area contributed by atoms with Crippen molar-refractivity contribution in [3.63, 3.8) is 0 Å². The molecule has 5 rings (SSSR count). The average molecular weight is 625 g/mol. The number of hydrogen-bond acceptors (Lipinski definition) is 5. The monoisotopic (exact) mass is 624 g/mol. The molecule has 230 valence electrons. The maximum Gasteiger partial charge on any atom is 0.422 e. The highest BCUT2D eigenvalue weighted by molar-refractivity contribution is 6.31. The first kappa shape index (κ1) is 31.7. The van der Waals surface area contributed by atoms with E-state index in [1.54, 1.807) is 18.2 Å². The molecule has 1 aliphatic heterocycles. The van der Waals surface area contributed by atoms with Crippen LogP contribution in [0.1, 0.15) is 40.3 Å². The molecule has 1 aliphatic rings. The van der Waals surface area contributed by atoms with Gasteiger partial charge in [-0.2, -0.15) is 13.2 Å². The lowest BCUT2D eigenvalue weighted by Crippen LogP contribution is -2.49. The molecule has 0 N–H and O–H groups in total. The van der Waals surface area contributed by atoms with Gasteiger partial charge in [0.15, 0.2) is 12.9 Å². The molecule has 4 aromatic rings. The summed E-state index contributed by atoms with van der Waals surface area (Å²) in [5, 5.41) is 0.537. The molecule has 0 saturated carbocycles. The lowest BCUT2D eigenvalue weighted by molar-refractivity contribution is -0.204. The van der Waals surface area contributed by atoms with E-state index in [4.69, 9.17) is 30.5 Å². The molecule has 4 aromatic carbocycles. The lowest BCUT2D eigenvalue weighted by atomic mass is 9.92. The number of carbonyl (C=O) groups excluding carboxylic acids is 1. The van der Waals surface area contributed by atoms with E-state index in [1.807, 2.05) is 72.8 Å². The van der Waals surface area contributed by atoms with Crippen molar-refractivity contribution in [2.24, 2.45) is 0 Å². The Morgan fingerprint density at radius 3 is 2.07 bits per heavy atom. The standard InChI is InChI=1S/C35H32ClF3O5/c36-30-16-13-27(18-28(30)17-24-11-14-29(15-12-24)43-23-35(37,38)39)31-19-32(41-21-25-7-3-1-4-8-25)34(33(20-40)44-31)42-22-26-9-5-2-6-10-26/h1-16,18,20,31-34H,17,19,21-23H2/t31?,32?,33?,34-/m0/s1. The fourth-order valence-electron chi connectivity index (χ4n) is 5.13. The van der Waals surface area contributed by atoms with Crippen LogP contribution >= 0.6 is 11.6 Å². The summed E-state index contributed by atoms with van der Waals surface area (Å²) in [7, 11) is 0. The van der Waals surface area contributed by atoms with Crippen molar-refractivity contribution >= 4 is 17.9 Å². The van der Waals surface area contributed by atoms with Crippen molar-refractivity contribution in [3.05, 3.63) is 136 Å². The molecule has 0 bridgehead atoms. The van der Waals surface area contributed by atoms with Crippen molar-refractivity contribution in [3.8, 4) is 5.75 Å². The molecule has 0 aromatic heterocycles. The van der Waals surface area contributed by atoms with Crippen molar-refractivity contribution in [2.75, 3.05) is 6.61 Å². The summed E-state index contributed by atoms with van der Waals surface area (Å²) in [6, 6.07) is 31.5. The highest BCUT2D eigenvalue weighted by Crippen LogP contribution is 2.36. The lowest BCUT2D eigenvalue weighted by Gasteiger charge is -2.40. The topological polar surface area (TPSA) is 54.0 Å². The van der Waals surface area contributed by atoms with Gasteiger partial charge in [-0.05, 0) is 52.4 Å². The van der Waals surface area contributed by atoms with Crippen LogP contribution in [0.2, 0.25) is 5.02 Å². The van der Waals surface area contributed by atoms with Gasteiger partial charge >= 0.3 is 6.18 Å². The van der Waals surface area contributed by atoms with E-state index in [9.17, 15) is 18.0 Å². The Balaban J connectivity index is 1.32. The molecule has 5 nitrogen and oxygen atoms in total. The van der Waals surface area contributed by atoms with Crippen molar-refractivity contribution in [2.45, 2.75) is 56.6 Å². The number of aldehydes is 1. The minimum Gasteiger partial charge on any atom is -0.484 e. The summed E-state index contributed by atoms with van der Waals surface area (Å²) in [5.74, 6) is 0.131. The predicted octanol–water partition coefficient (Wildman–Crippen LogP) is 8.07. The normalized spacial score (nSPS) is 20.3. The highest BCUT2D eigenvalue weighted by atomic mass is 35.5. The van der Waals surface area contributed by atoms with Crippen LogP contribution in [0.4, 0.5) is 13.2 Å². The third-order valence-electron chi connectivity index (χ3n) is 7.35. The Hall–Kier alpha value is -3.69. The molecule has 0 radical (unpaired) electrons. The third kappa shape index (κ3) is 8.92. The Morgan fingerprint density at radius 2 is 1.45 bits per heavy atom. The first-order valence-corrected chi connectivity index (χ1v) is 14.6. The number of halogens is 4. The van der Waals surface area contributed by atoms with Gasteiger partial charge in [0.2, 0.25) is 0 Å². The number of ether oxygens (including phenoxy) is 4. The molecule has 1 fully saturated rings. The van der Waals surface area contributed by atoms with Crippen molar-refractivity contribution in [1.29, 1.82) is 0 Å². The van der Waals surface area contributed by atoms with Gasteiger partial charge < -0.3 is 23.7 Å². The Labute approximate surface area is 259 Å². The largest absolute Gasteiger partial charge is 0.484 e. The SMILES string of the molecule is O=CC1OC(c2ccc(Cl)c(Cc3ccc(OCC(F)(F)F)cc3)c2)CC(OCc2ccccc2)[C@@H]1OCc1ccccc1. The second kappa shape index (κ2) is 14.9. The zero-order chi connectivity index (χ0) is 30.9. The zero-order valence-corrected chi connectivity index (χ0v) is 24.5. The summed E-state index contributed by atoms with van der Waals surface area (Å²) in [6.45, 7) is -0.693. The van der Waals surface area contributed by atoms with Crippen LogP contribution in [0.3, 0.4) is 0 Å². The van der Waals surface area contributed by atoms with E-state index in [1.165, 1.54) is 12.1 Å². The molecule has 4 atom stereocenters. The van der Waals surface area contributed by atoms with Gasteiger partial charge in [-0.15, -0.1) is 0 Å². The van der Waals surface area contributed by atoms with Crippen LogP contribution in [-0.4, -0.2) is 37.4 Å². The number of carbonyl (C=O) groups is 1. The van der Waals surface area contributed by atoms with Crippen molar-refractivity contribution < 1.29 is 36.9 Å². The maximum atomic E-state index is 12.5. The molecule has 1 heterocycles. The van der Waals surface area contributed by atoms with Gasteiger partial charge in [0, 0.05) is 11.4 Å². The predicted molar refractivity (Wildman–Crippen MR) is 161 cm³/mol. The Bertz CT molecular complexity index is 1480. The van der Waals surface area contributed by atoms with Gasteiger partial charge in [0.05, 0.1) is 25.4 Å². The first-order chi connectivity index (χ1) is 21.3. The average Bonchev–Trinajstić information content (AvgIpc) is 3.04. The van der Waals surface area contributed by atoms with Crippen LogP contribution in [0.5, 0.6) is 5.75 Å². The molecular formula is C35H32ClF3O5.